The summed E-state index contributed by atoms with van der Waals surface area (Å²) in [6, 6.07) is 0. The zero-order valence-corrected chi connectivity index (χ0v) is 27.6. The Morgan fingerprint density at radius 1 is 0.977 bits per heavy atom. The Morgan fingerprint density at radius 2 is 1.70 bits per heavy atom. The van der Waals surface area contributed by atoms with E-state index in [0.717, 1.165) is 25.7 Å². The molecule has 6 aliphatic rings. The SMILES string of the molecule is CC(=O)O[C@@H]([C@H]1CCC2C(CC3[C@@H]4CCC5C(C)(C)[C@@H](OC(CO)OCCO)CCC56[C@@H](C)[C@@]46CC[C@]23C)O1)C(C)(C)O. The standard InChI is InChI=1S/C35H58O8/c1-20-34-15-14-33(7)23-8-10-25(30(32(5,6)39)41-21(2)38)42-26(23)18-24(33)22(34)9-11-27-31(3,4)28(12-13-35(20,27)34)43-29(19-37)40-17-16-36/h20,22-30,36-37,39H,8-19H2,1-7H3/t20-,22-,23?,24?,25+,26?,27?,28-,29?,30-,33+,34-,35?/m0/s1. The number of esters is 1. The molecule has 13 atom stereocenters. The molecule has 0 amide bonds. The summed E-state index contributed by atoms with van der Waals surface area (Å²) >= 11 is 0. The number of aliphatic hydroxyl groups excluding tert-OH is 2. The molecule has 0 aromatic carbocycles. The van der Waals surface area contributed by atoms with Gasteiger partial charge in [0, 0.05) is 6.92 Å². The van der Waals surface area contributed by atoms with Crippen molar-refractivity contribution < 1.29 is 39.1 Å². The molecule has 3 N–H and O–H groups in total. The van der Waals surface area contributed by atoms with Crippen LogP contribution in [0.1, 0.15) is 106 Å². The summed E-state index contributed by atoms with van der Waals surface area (Å²) in [7, 11) is 0. The number of rotatable bonds is 9. The molecule has 0 radical (unpaired) electrons. The van der Waals surface area contributed by atoms with Gasteiger partial charge in [-0.3, -0.25) is 4.79 Å². The van der Waals surface area contributed by atoms with Gasteiger partial charge in [-0.15, -0.1) is 0 Å². The van der Waals surface area contributed by atoms with E-state index in [4.69, 9.17) is 18.9 Å². The van der Waals surface area contributed by atoms with Crippen LogP contribution in [0.15, 0.2) is 0 Å². The predicted octanol–water partition coefficient (Wildman–Crippen LogP) is 4.85. The van der Waals surface area contributed by atoms with Crippen LogP contribution in [-0.4, -0.2) is 77.4 Å². The number of aliphatic hydroxyl groups is 3. The van der Waals surface area contributed by atoms with Gasteiger partial charge >= 0.3 is 5.97 Å². The smallest absolute Gasteiger partial charge is 0.303 e. The summed E-state index contributed by atoms with van der Waals surface area (Å²) in [4.78, 5) is 11.9. The maximum absolute atomic E-state index is 11.9. The molecule has 6 rings (SSSR count). The normalized spacial score (nSPS) is 47.7. The van der Waals surface area contributed by atoms with Crippen LogP contribution < -0.4 is 0 Å². The second-order valence-electron chi connectivity index (χ2n) is 16.7. The van der Waals surface area contributed by atoms with E-state index >= 15 is 0 Å². The van der Waals surface area contributed by atoms with Gasteiger partial charge in [-0.25, -0.2) is 0 Å². The number of ether oxygens (including phenoxy) is 4. The van der Waals surface area contributed by atoms with Gasteiger partial charge < -0.3 is 34.3 Å². The Morgan fingerprint density at radius 3 is 2.35 bits per heavy atom. The molecule has 0 bridgehead atoms. The number of hydrogen-bond acceptors (Lipinski definition) is 8. The lowest BCUT2D eigenvalue weighted by Gasteiger charge is -2.59. The Labute approximate surface area is 258 Å². The van der Waals surface area contributed by atoms with Crippen LogP contribution in [0.3, 0.4) is 0 Å². The van der Waals surface area contributed by atoms with Gasteiger partial charge in [0.05, 0.1) is 43.7 Å². The molecular weight excluding hydrogens is 548 g/mol. The monoisotopic (exact) mass is 606 g/mol. The first-order chi connectivity index (χ1) is 20.2. The predicted molar refractivity (Wildman–Crippen MR) is 161 cm³/mol. The first-order valence-electron chi connectivity index (χ1n) is 17.2. The minimum absolute atomic E-state index is 0.0230. The fourth-order valence-corrected chi connectivity index (χ4v) is 12.8. The molecule has 0 aromatic heterocycles. The van der Waals surface area contributed by atoms with Crippen molar-refractivity contribution in [1.82, 2.24) is 0 Å². The van der Waals surface area contributed by atoms with Crippen molar-refractivity contribution >= 4 is 5.97 Å². The van der Waals surface area contributed by atoms with Crippen molar-refractivity contribution in [2.45, 2.75) is 143 Å². The Hall–Kier alpha value is -0.770. The van der Waals surface area contributed by atoms with Gasteiger partial charge in [-0.1, -0.05) is 27.7 Å². The van der Waals surface area contributed by atoms with Gasteiger partial charge in [-0.2, -0.15) is 0 Å². The Kier molecular flexibility index (Phi) is 8.16. The topological polar surface area (TPSA) is 115 Å². The lowest BCUT2D eigenvalue weighted by molar-refractivity contribution is -0.239. The second-order valence-corrected chi connectivity index (χ2v) is 16.7. The van der Waals surface area contributed by atoms with Gasteiger partial charge in [0.15, 0.2) is 12.4 Å². The molecule has 8 nitrogen and oxygen atoms in total. The molecule has 1 saturated heterocycles. The lowest BCUT2D eigenvalue weighted by atomic mass is 9.46. The highest BCUT2D eigenvalue weighted by Crippen LogP contribution is 2.89. The van der Waals surface area contributed by atoms with Crippen molar-refractivity contribution in [2.75, 3.05) is 19.8 Å². The van der Waals surface area contributed by atoms with Crippen LogP contribution in [-0.2, 0) is 23.7 Å². The highest BCUT2D eigenvalue weighted by Gasteiger charge is 2.84. The largest absolute Gasteiger partial charge is 0.457 e. The minimum Gasteiger partial charge on any atom is -0.457 e. The average molecular weight is 607 g/mol. The van der Waals surface area contributed by atoms with Crippen molar-refractivity contribution in [2.24, 2.45) is 51.2 Å². The van der Waals surface area contributed by atoms with E-state index in [1.807, 2.05) is 0 Å². The van der Waals surface area contributed by atoms with Crippen LogP contribution in [0.5, 0.6) is 0 Å². The van der Waals surface area contributed by atoms with Crippen molar-refractivity contribution in [3.63, 3.8) is 0 Å². The second kappa shape index (κ2) is 10.9. The molecule has 1 aliphatic heterocycles. The molecule has 6 unspecified atom stereocenters. The average Bonchev–Trinajstić information content (AvgIpc) is 3.32. The molecule has 43 heavy (non-hydrogen) atoms. The number of hydrogen-bond donors (Lipinski definition) is 3. The van der Waals surface area contributed by atoms with Crippen molar-refractivity contribution in [3.05, 3.63) is 0 Å². The van der Waals surface area contributed by atoms with E-state index in [1.165, 1.54) is 39.0 Å². The van der Waals surface area contributed by atoms with Crippen LogP contribution in [0, 0.1) is 51.2 Å². The third-order valence-corrected chi connectivity index (χ3v) is 14.4. The van der Waals surface area contributed by atoms with Crippen LogP contribution >= 0.6 is 0 Å². The first-order valence-corrected chi connectivity index (χ1v) is 17.2. The number of fused-ring (bicyclic) bond motifs is 4. The summed E-state index contributed by atoms with van der Waals surface area (Å²) in [6.45, 7) is 14.6. The summed E-state index contributed by atoms with van der Waals surface area (Å²) in [5.74, 6) is 2.76. The van der Waals surface area contributed by atoms with E-state index in [-0.39, 0.29) is 54.9 Å². The molecule has 5 aliphatic carbocycles. The summed E-state index contributed by atoms with van der Waals surface area (Å²) < 4.78 is 24.5. The molecule has 5 saturated carbocycles. The zero-order valence-electron chi connectivity index (χ0n) is 27.6. The van der Waals surface area contributed by atoms with Gasteiger partial charge in [-0.05, 0) is 123 Å². The van der Waals surface area contributed by atoms with E-state index in [0.29, 0.717) is 40.4 Å². The molecular formula is C35H58O8. The lowest BCUT2D eigenvalue weighted by Crippen LogP contribution is -2.55. The zero-order chi connectivity index (χ0) is 31.2. The third-order valence-electron chi connectivity index (χ3n) is 14.4. The molecule has 0 aromatic rings. The van der Waals surface area contributed by atoms with Crippen LogP contribution in [0.2, 0.25) is 0 Å². The third kappa shape index (κ3) is 4.62. The highest BCUT2D eigenvalue weighted by atomic mass is 16.7. The molecule has 8 heteroatoms. The molecule has 246 valence electrons. The van der Waals surface area contributed by atoms with Crippen LogP contribution in [0.4, 0.5) is 0 Å². The van der Waals surface area contributed by atoms with Crippen molar-refractivity contribution in [3.8, 4) is 0 Å². The van der Waals surface area contributed by atoms with Gasteiger partial charge in [0.2, 0.25) is 0 Å². The summed E-state index contributed by atoms with van der Waals surface area (Å²) in [5.41, 5.74) is -0.192. The highest BCUT2D eigenvalue weighted by molar-refractivity contribution is 5.66. The molecule has 1 heterocycles. The fraction of sp³-hybridized carbons (Fsp3) is 0.971. The maximum atomic E-state index is 11.9. The summed E-state index contributed by atoms with van der Waals surface area (Å²) in [6.07, 6.45) is 8.68. The molecule has 2 spiro atoms. The quantitative estimate of drug-likeness (QED) is 0.252. The first kappa shape index (κ1) is 32.2. The summed E-state index contributed by atoms with van der Waals surface area (Å²) in [5, 5.41) is 30.0. The Bertz CT molecular complexity index is 1050. The minimum atomic E-state index is -1.16. The number of carbonyl (C=O) groups excluding carboxylic acids is 1. The van der Waals surface area contributed by atoms with E-state index in [1.54, 1.807) is 13.8 Å². The Balaban J connectivity index is 1.21. The van der Waals surface area contributed by atoms with Gasteiger partial charge in [0.25, 0.3) is 0 Å². The van der Waals surface area contributed by atoms with Crippen LogP contribution in [0.25, 0.3) is 0 Å². The van der Waals surface area contributed by atoms with E-state index < -0.39 is 18.0 Å². The van der Waals surface area contributed by atoms with E-state index in [2.05, 4.69) is 27.7 Å². The molecule has 6 fully saturated rings. The van der Waals surface area contributed by atoms with E-state index in [9.17, 15) is 20.1 Å². The maximum Gasteiger partial charge on any atom is 0.303 e. The van der Waals surface area contributed by atoms with Crippen molar-refractivity contribution in [1.29, 1.82) is 0 Å². The number of carbonyl (C=O) groups is 1. The van der Waals surface area contributed by atoms with Gasteiger partial charge in [0.1, 0.15) is 0 Å². The fourth-order valence-electron chi connectivity index (χ4n) is 12.8.